The van der Waals surface area contributed by atoms with Crippen LogP contribution in [0.1, 0.15) is 30.9 Å². The Morgan fingerprint density at radius 2 is 2.23 bits per heavy atom. The molecule has 3 aromatic rings. The molecule has 9 nitrogen and oxygen atoms in total. The molecule has 3 heterocycles. The van der Waals surface area contributed by atoms with Crippen LogP contribution in [0.25, 0.3) is 11.4 Å². The second kappa shape index (κ2) is 10.9. The fourth-order valence-corrected chi connectivity index (χ4v) is 3.60. The van der Waals surface area contributed by atoms with Gasteiger partial charge in [-0.05, 0) is 18.6 Å². The van der Waals surface area contributed by atoms with Crippen LogP contribution in [0, 0.1) is 0 Å². The molecule has 1 unspecified atom stereocenters. The van der Waals surface area contributed by atoms with Gasteiger partial charge in [0.25, 0.3) is 0 Å². The number of nitrogens with zero attached hydrogens (tertiary/aromatic N) is 6. The molecule has 0 amide bonds. The van der Waals surface area contributed by atoms with E-state index in [2.05, 4.69) is 42.8 Å². The molecule has 0 spiro atoms. The highest BCUT2D eigenvalue weighted by Crippen LogP contribution is 2.20. The van der Waals surface area contributed by atoms with Gasteiger partial charge in [0.15, 0.2) is 11.8 Å². The monoisotopic (exact) mass is 556 g/mol. The lowest BCUT2D eigenvalue weighted by molar-refractivity contribution is 0.377. The van der Waals surface area contributed by atoms with Crippen LogP contribution in [0.4, 0.5) is 0 Å². The zero-order chi connectivity index (χ0) is 20.9. The van der Waals surface area contributed by atoms with Crippen LogP contribution >= 0.6 is 35.6 Å². The lowest BCUT2D eigenvalue weighted by Gasteiger charge is -2.25. The molecule has 11 heteroatoms. The van der Waals surface area contributed by atoms with Crippen molar-refractivity contribution in [3.63, 3.8) is 0 Å². The normalized spacial score (nSPS) is 15.8. The van der Waals surface area contributed by atoms with Crippen molar-refractivity contribution in [2.24, 2.45) is 4.99 Å². The lowest BCUT2D eigenvalue weighted by Crippen LogP contribution is -2.47. The van der Waals surface area contributed by atoms with Gasteiger partial charge in [-0.25, -0.2) is 9.67 Å². The minimum atomic E-state index is 0. The molecule has 1 aliphatic rings. The number of benzene rings is 1. The van der Waals surface area contributed by atoms with Crippen LogP contribution in [0.15, 0.2) is 33.8 Å². The minimum Gasteiger partial charge on any atom is -0.356 e. The Hall–Kier alpha value is -2.21. The zero-order valence-corrected chi connectivity index (χ0v) is 20.6. The van der Waals surface area contributed by atoms with E-state index in [-0.39, 0.29) is 30.0 Å². The summed E-state index contributed by atoms with van der Waals surface area (Å²) in [6.07, 6.45) is 3.35. The van der Waals surface area contributed by atoms with Crippen molar-refractivity contribution in [1.82, 2.24) is 35.5 Å². The fourth-order valence-electron chi connectivity index (χ4n) is 3.41. The number of aromatic nitrogens is 5. The first kappa shape index (κ1) is 23.5. The Labute approximate surface area is 203 Å². The molecule has 0 fully saturated rings. The Morgan fingerprint density at radius 3 is 3.00 bits per heavy atom. The largest absolute Gasteiger partial charge is 0.356 e. The molecule has 0 saturated carbocycles. The molecule has 2 aromatic heterocycles. The van der Waals surface area contributed by atoms with Crippen LogP contribution in [0.5, 0.6) is 0 Å². The maximum absolute atomic E-state index is 6.03. The maximum atomic E-state index is 6.03. The number of hydrogen-bond acceptors (Lipinski definition) is 6. The Morgan fingerprint density at radius 1 is 1.35 bits per heavy atom. The van der Waals surface area contributed by atoms with Crippen molar-refractivity contribution in [2.75, 3.05) is 13.6 Å². The van der Waals surface area contributed by atoms with Crippen molar-refractivity contribution in [3.05, 3.63) is 46.8 Å². The van der Waals surface area contributed by atoms with Crippen LogP contribution < -0.4 is 10.6 Å². The molecule has 1 atom stereocenters. The molecule has 0 bridgehead atoms. The third-order valence-corrected chi connectivity index (χ3v) is 5.20. The van der Waals surface area contributed by atoms with E-state index in [0.29, 0.717) is 29.7 Å². The topological polar surface area (TPSA) is 106 Å². The van der Waals surface area contributed by atoms with E-state index in [1.54, 1.807) is 7.05 Å². The van der Waals surface area contributed by atoms with Gasteiger partial charge >= 0.3 is 0 Å². The van der Waals surface area contributed by atoms with Crippen LogP contribution in [-0.2, 0) is 25.8 Å². The molecule has 0 radical (unpaired) electrons. The van der Waals surface area contributed by atoms with Crippen molar-refractivity contribution in [3.8, 4) is 11.4 Å². The van der Waals surface area contributed by atoms with Crippen LogP contribution in [0.2, 0.25) is 5.02 Å². The Bertz CT molecular complexity index is 1030. The molecule has 0 aliphatic carbocycles. The molecule has 4 rings (SSSR count). The molecule has 0 saturated heterocycles. The molecular weight excluding hydrogens is 531 g/mol. The highest BCUT2D eigenvalue weighted by molar-refractivity contribution is 14.0. The number of halogens is 2. The first-order valence-electron chi connectivity index (χ1n) is 10.1. The highest BCUT2D eigenvalue weighted by Gasteiger charge is 2.22. The average molecular weight is 557 g/mol. The number of fused-ring (bicyclic) bond motifs is 1. The maximum Gasteiger partial charge on any atom is 0.228 e. The smallest absolute Gasteiger partial charge is 0.228 e. The number of nitrogens with one attached hydrogen (secondary N) is 2. The summed E-state index contributed by atoms with van der Waals surface area (Å²) in [4.78, 5) is 13.3. The van der Waals surface area contributed by atoms with Gasteiger partial charge in [-0.2, -0.15) is 10.1 Å². The van der Waals surface area contributed by atoms with Crippen molar-refractivity contribution >= 4 is 41.5 Å². The second-order valence-corrected chi connectivity index (χ2v) is 7.57. The Kier molecular flexibility index (Phi) is 8.24. The summed E-state index contributed by atoms with van der Waals surface area (Å²) >= 11 is 6.03. The molecule has 1 aliphatic heterocycles. The summed E-state index contributed by atoms with van der Waals surface area (Å²) in [6.45, 7) is 3.48. The molecular formula is C20H26ClIN8O. The number of aryl methyl sites for hydroxylation is 2. The third kappa shape index (κ3) is 5.94. The number of rotatable bonds is 6. The molecule has 1 aromatic carbocycles. The Balaban J connectivity index is 0.00000272. The summed E-state index contributed by atoms with van der Waals surface area (Å²) in [6, 6.07) is 7.65. The minimum absolute atomic E-state index is 0. The van der Waals surface area contributed by atoms with Crippen molar-refractivity contribution in [2.45, 2.75) is 45.2 Å². The predicted octanol–water partition coefficient (Wildman–Crippen LogP) is 2.88. The van der Waals surface area contributed by atoms with E-state index in [0.717, 1.165) is 49.0 Å². The number of guanidine groups is 1. The van der Waals surface area contributed by atoms with E-state index in [9.17, 15) is 0 Å². The SMILES string of the molecule is CCc1nc2n(n1)CC(NC(=NC)NCCc1nc(-c3cccc(Cl)c3)no1)CC2.I. The summed E-state index contributed by atoms with van der Waals surface area (Å²) in [7, 11) is 1.76. The van der Waals surface area contributed by atoms with E-state index in [4.69, 9.17) is 16.1 Å². The first-order valence-corrected chi connectivity index (χ1v) is 10.5. The summed E-state index contributed by atoms with van der Waals surface area (Å²) in [5, 5.41) is 16.0. The van der Waals surface area contributed by atoms with Gasteiger partial charge in [-0.15, -0.1) is 24.0 Å². The van der Waals surface area contributed by atoms with Gasteiger partial charge in [0.05, 0.1) is 6.54 Å². The van der Waals surface area contributed by atoms with Gasteiger partial charge in [-0.1, -0.05) is 35.8 Å². The average Bonchev–Trinajstić information content (AvgIpc) is 3.39. The first-order chi connectivity index (χ1) is 14.6. The zero-order valence-electron chi connectivity index (χ0n) is 17.5. The fraction of sp³-hybridized carbons (Fsp3) is 0.450. The summed E-state index contributed by atoms with van der Waals surface area (Å²) in [5.41, 5.74) is 0.832. The van der Waals surface area contributed by atoms with Gasteiger partial charge in [-0.3, -0.25) is 4.99 Å². The molecule has 166 valence electrons. The highest BCUT2D eigenvalue weighted by atomic mass is 127. The van der Waals surface area contributed by atoms with E-state index < -0.39 is 0 Å². The predicted molar refractivity (Wildman–Crippen MR) is 130 cm³/mol. The van der Waals surface area contributed by atoms with Crippen LogP contribution in [-0.4, -0.2) is 50.5 Å². The van der Waals surface area contributed by atoms with Crippen molar-refractivity contribution < 1.29 is 4.52 Å². The number of hydrogen-bond donors (Lipinski definition) is 2. The second-order valence-electron chi connectivity index (χ2n) is 7.13. The van der Waals surface area contributed by atoms with E-state index in [1.165, 1.54) is 0 Å². The molecule has 31 heavy (non-hydrogen) atoms. The lowest BCUT2D eigenvalue weighted by atomic mass is 10.1. The van der Waals surface area contributed by atoms with Crippen LogP contribution in [0.3, 0.4) is 0 Å². The molecule has 2 N–H and O–H groups in total. The summed E-state index contributed by atoms with van der Waals surface area (Å²) in [5.74, 6) is 3.82. The van der Waals surface area contributed by atoms with E-state index in [1.807, 2.05) is 28.9 Å². The number of aliphatic imine (C=N–C) groups is 1. The van der Waals surface area contributed by atoms with Gasteiger partial charge in [0, 0.05) is 49.5 Å². The van der Waals surface area contributed by atoms with Gasteiger partial charge in [0.1, 0.15) is 5.82 Å². The quantitative estimate of drug-likeness (QED) is 0.273. The van der Waals surface area contributed by atoms with Gasteiger partial charge in [0.2, 0.25) is 11.7 Å². The standard InChI is InChI=1S/C20H25ClN8O.HI/c1-3-16-25-17-8-7-15(12-29(17)27-16)24-20(22-2)23-10-9-18-26-19(28-30-18)13-5-4-6-14(21)11-13;/h4-6,11,15H,3,7-10,12H2,1-2H3,(H2,22,23,24);1H. The third-order valence-electron chi connectivity index (χ3n) is 4.96. The van der Waals surface area contributed by atoms with E-state index >= 15 is 0 Å². The van der Waals surface area contributed by atoms with Gasteiger partial charge < -0.3 is 15.2 Å². The summed E-state index contributed by atoms with van der Waals surface area (Å²) < 4.78 is 7.36. The van der Waals surface area contributed by atoms with Crippen molar-refractivity contribution in [1.29, 1.82) is 0 Å².